The van der Waals surface area contributed by atoms with Crippen LogP contribution in [0.3, 0.4) is 0 Å². The molecule has 0 saturated heterocycles. The fraction of sp³-hybridized carbons (Fsp3) is 0.125. The topological polar surface area (TPSA) is 58.1 Å². The molecule has 1 atom stereocenters. The quantitative estimate of drug-likeness (QED) is 0.478. The molecule has 3 aromatic carbocycles. The molecule has 0 bridgehead atoms. The highest BCUT2D eigenvalue weighted by atomic mass is 19.1. The minimum atomic E-state index is -1.05. The van der Waals surface area contributed by atoms with E-state index in [0.29, 0.717) is 18.6 Å². The normalized spacial score (nSPS) is 11.9. The highest BCUT2D eigenvalue weighted by molar-refractivity contribution is 5.36. The van der Waals surface area contributed by atoms with Gasteiger partial charge in [0.05, 0.1) is 6.20 Å². The van der Waals surface area contributed by atoms with Gasteiger partial charge in [-0.15, -0.1) is 0 Å². The number of aliphatic hydroxyl groups excluding tert-OH is 1. The molecule has 5 heteroatoms. The van der Waals surface area contributed by atoms with E-state index in [1.807, 2.05) is 54.6 Å². The molecule has 0 aliphatic carbocycles. The predicted molar refractivity (Wildman–Crippen MR) is 109 cm³/mol. The number of aromatic amines is 1. The van der Waals surface area contributed by atoms with Crippen molar-refractivity contribution in [2.75, 3.05) is 0 Å². The average Bonchev–Trinajstić information content (AvgIpc) is 3.30. The maximum atomic E-state index is 14.2. The number of aromatic nitrogens is 2. The van der Waals surface area contributed by atoms with E-state index in [1.165, 1.54) is 12.3 Å². The summed E-state index contributed by atoms with van der Waals surface area (Å²) >= 11 is 0. The average molecular weight is 388 g/mol. The molecular formula is C24H21FN2O2. The van der Waals surface area contributed by atoms with Crippen molar-refractivity contribution in [3.05, 3.63) is 119 Å². The van der Waals surface area contributed by atoms with Gasteiger partial charge in [0.15, 0.2) is 0 Å². The number of nitrogens with zero attached hydrogens (tertiary/aromatic N) is 1. The number of hydrogen-bond donors (Lipinski definition) is 2. The summed E-state index contributed by atoms with van der Waals surface area (Å²) in [6.07, 6.45) is 2.63. The summed E-state index contributed by atoms with van der Waals surface area (Å²) in [5.41, 5.74) is 3.88. The molecule has 146 valence electrons. The van der Waals surface area contributed by atoms with Gasteiger partial charge in [-0.25, -0.2) is 4.39 Å². The van der Waals surface area contributed by atoms with E-state index in [1.54, 1.807) is 18.3 Å². The lowest BCUT2D eigenvalue weighted by molar-refractivity contribution is 0.215. The lowest BCUT2D eigenvalue weighted by Crippen LogP contribution is -2.03. The molecule has 0 saturated carbocycles. The third-order valence-electron chi connectivity index (χ3n) is 4.77. The molecule has 0 radical (unpaired) electrons. The van der Waals surface area contributed by atoms with Crippen molar-refractivity contribution in [3.8, 4) is 5.75 Å². The van der Waals surface area contributed by atoms with Crippen molar-refractivity contribution >= 4 is 0 Å². The largest absolute Gasteiger partial charge is 0.489 e. The van der Waals surface area contributed by atoms with Crippen LogP contribution in [-0.4, -0.2) is 15.3 Å². The molecule has 0 spiro atoms. The van der Waals surface area contributed by atoms with Crippen LogP contribution < -0.4 is 4.74 Å². The Bertz CT molecular complexity index is 1050. The summed E-state index contributed by atoms with van der Waals surface area (Å²) < 4.78 is 20.0. The Labute approximate surface area is 168 Å². The van der Waals surface area contributed by atoms with Crippen LogP contribution >= 0.6 is 0 Å². The Balaban J connectivity index is 1.43. The smallest absolute Gasteiger partial charge is 0.129 e. The van der Waals surface area contributed by atoms with Gasteiger partial charge in [-0.3, -0.25) is 5.10 Å². The zero-order valence-electron chi connectivity index (χ0n) is 15.8. The van der Waals surface area contributed by atoms with Crippen LogP contribution in [0.5, 0.6) is 5.75 Å². The minimum Gasteiger partial charge on any atom is -0.489 e. The highest BCUT2D eigenvalue weighted by Crippen LogP contribution is 2.26. The fourth-order valence-electron chi connectivity index (χ4n) is 3.18. The number of nitrogens with one attached hydrogen (secondary N) is 1. The second kappa shape index (κ2) is 8.71. The van der Waals surface area contributed by atoms with E-state index in [2.05, 4.69) is 10.2 Å². The number of aliphatic hydroxyl groups is 1. The van der Waals surface area contributed by atoms with E-state index in [9.17, 15) is 9.50 Å². The summed E-state index contributed by atoms with van der Waals surface area (Å²) in [5, 5.41) is 16.9. The predicted octanol–water partition coefficient (Wildman–Crippen LogP) is 4.80. The maximum absolute atomic E-state index is 14.2. The van der Waals surface area contributed by atoms with Gasteiger partial charge in [0.2, 0.25) is 0 Å². The van der Waals surface area contributed by atoms with E-state index in [-0.39, 0.29) is 5.56 Å². The molecule has 1 heterocycles. The van der Waals surface area contributed by atoms with E-state index in [0.717, 1.165) is 22.4 Å². The van der Waals surface area contributed by atoms with Crippen molar-refractivity contribution in [1.82, 2.24) is 10.2 Å². The number of benzene rings is 3. The lowest BCUT2D eigenvalue weighted by Gasteiger charge is -2.12. The fourth-order valence-corrected chi connectivity index (χ4v) is 3.18. The zero-order chi connectivity index (χ0) is 20.1. The highest BCUT2D eigenvalue weighted by Gasteiger charge is 2.16. The second-order valence-electron chi connectivity index (χ2n) is 6.89. The Morgan fingerprint density at radius 3 is 2.41 bits per heavy atom. The molecule has 0 fully saturated rings. The van der Waals surface area contributed by atoms with E-state index in [4.69, 9.17) is 4.74 Å². The number of rotatable bonds is 7. The Hall–Kier alpha value is -3.44. The van der Waals surface area contributed by atoms with E-state index < -0.39 is 11.9 Å². The first-order valence-corrected chi connectivity index (χ1v) is 9.40. The van der Waals surface area contributed by atoms with Crippen molar-refractivity contribution in [2.24, 2.45) is 0 Å². The van der Waals surface area contributed by atoms with E-state index >= 15 is 0 Å². The van der Waals surface area contributed by atoms with Gasteiger partial charge in [0.25, 0.3) is 0 Å². The first-order chi connectivity index (χ1) is 14.2. The van der Waals surface area contributed by atoms with Gasteiger partial charge in [0, 0.05) is 17.3 Å². The third-order valence-corrected chi connectivity index (χ3v) is 4.77. The SMILES string of the molecule is OC(c1cn[nH]c1)c1cc(Cc2ccc(OCc3ccccc3)cc2)ccc1F. The Morgan fingerprint density at radius 1 is 0.931 bits per heavy atom. The van der Waals surface area contributed by atoms with Crippen molar-refractivity contribution < 1.29 is 14.2 Å². The maximum Gasteiger partial charge on any atom is 0.129 e. The third kappa shape index (κ3) is 4.70. The number of hydrogen-bond acceptors (Lipinski definition) is 3. The molecule has 2 N–H and O–H groups in total. The lowest BCUT2D eigenvalue weighted by atomic mass is 9.98. The summed E-state index contributed by atoms with van der Waals surface area (Å²) in [6, 6.07) is 22.7. The van der Waals surface area contributed by atoms with Gasteiger partial charge in [-0.05, 0) is 47.4 Å². The molecule has 0 amide bonds. The van der Waals surface area contributed by atoms with Gasteiger partial charge < -0.3 is 9.84 Å². The first-order valence-electron chi connectivity index (χ1n) is 9.40. The Morgan fingerprint density at radius 2 is 1.69 bits per heavy atom. The standard InChI is InChI=1S/C24H21FN2O2/c25-23-11-8-19(13-22(23)24(28)20-14-26-27-15-20)12-17-6-9-21(10-7-17)29-16-18-4-2-1-3-5-18/h1-11,13-15,24,28H,12,16H2,(H,26,27). The molecule has 0 aliphatic rings. The van der Waals surface area contributed by atoms with Crippen molar-refractivity contribution in [3.63, 3.8) is 0 Å². The monoisotopic (exact) mass is 388 g/mol. The van der Waals surface area contributed by atoms with Crippen molar-refractivity contribution in [1.29, 1.82) is 0 Å². The zero-order valence-corrected chi connectivity index (χ0v) is 15.8. The second-order valence-corrected chi connectivity index (χ2v) is 6.89. The Kier molecular flexibility index (Phi) is 5.68. The van der Waals surface area contributed by atoms with Crippen LogP contribution in [-0.2, 0) is 13.0 Å². The summed E-state index contributed by atoms with van der Waals surface area (Å²) in [7, 11) is 0. The summed E-state index contributed by atoms with van der Waals surface area (Å²) in [4.78, 5) is 0. The van der Waals surface area contributed by atoms with Crippen LogP contribution in [0.2, 0.25) is 0 Å². The van der Waals surface area contributed by atoms with Crippen LogP contribution in [0.25, 0.3) is 0 Å². The van der Waals surface area contributed by atoms with Crippen LogP contribution in [0, 0.1) is 5.82 Å². The molecule has 1 unspecified atom stereocenters. The van der Waals surface area contributed by atoms with Gasteiger partial charge in [-0.1, -0.05) is 48.5 Å². The minimum absolute atomic E-state index is 0.242. The number of ether oxygens (including phenoxy) is 1. The molecular weight excluding hydrogens is 367 g/mol. The van der Waals surface area contributed by atoms with Crippen LogP contribution in [0.4, 0.5) is 4.39 Å². The molecule has 29 heavy (non-hydrogen) atoms. The first kappa shape index (κ1) is 18.9. The molecule has 1 aromatic heterocycles. The summed E-state index contributed by atoms with van der Waals surface area (Å²) in [6.45, 7) is 0.521. The molecule has 4 aromatic rings. The molecule has 4 nitrogen and oxygen atoms in total. The summed E-state index contributed by atoms with van der Waals surface area (Å²) in [5.74, 6) is 0.361. The van der Waals surface area contributed by atoms with Gasteiger partial charge in [0.1, 0.15) is 24.3 Å². The molecule has 0 aliphatic heterocycles. The van der Waals surface area contributed by atoms with Crippen LogP contribution in [0.15, 0.2) is 85.2 Å². The molecule has 4 rings (SSSR count). The van der Waals surface area contributed by atoms with Crippen molar-refractivity contribution in [2.45, 2.75) is 19.1 Å². The van der Waals surface area contributed by atoms with Gasteiger partial charge >= 0.3 is 0 Å². The number of halogens is 1. The number of H-pyrrole nitrogens is 1. The van der Waals surface area contributed by atoms with Crippen LogP contribution in [0.1, 0.15) is 33.9 Å². The van der Waals surface area contributed by atoms with Gasteiger partial charge in [-0.2, -0.15) is 5.10 Å².